The molecule has 1 aromatic rings. The van der Waals surface area contributed by atoms with Gasteiger partial charge in [0.2, 0.25) is 5.89 Å². The minimum atomic E-state index is 0.319. The van der Waals surface area contributed by atoms with Gasteiger partial charge in [-0.1, -0.05) is 19.0 Å². The average Bonchev–Trinajstić information content (AvgIpc) is 2.48. The van der Waals surface area contributed by atoms with Gasteiger partial charge < -0.3 is 10.3 Å². The second kappa shape index (κ2) is 4.47. The molecule has 0 bridgehead atoms. The largest absolute Gasteiger partial charge is 0.338 e. The van der Waals surface area contributed by atoms with E-state index in [9.17, 15) is 0 Å². The fourth-order valence-corrected chi connectivity index (χ4v) is 1.27. The molecule has 1 heterocycles. The highest BCUT2D eigenvalue weighted by atomic mass is 32.2. The molecular weight excluding hydrogens is 174 g/mol. The van der Waals surface area contributed by atoms with Crippen LogP contribution in [0.2, 0.25) is 0 Å². The van der Waals surface area contributed by atoms with Gasteiger partial charge in [0.05, 0.1) is 12.3 Å². The van der Waals surface area contributed by atoms with Crippen LogP contribution in [0.1, 0.15) is 25.6 Å². The first-order chi connectivity index (χ1) is 5.72. The predicted octanol–water partition coefficient (Wildman–Crippen LogP) is 1.17. The van der Waals surface area contributed by atoms with Crippen molar-refractivity contribution < 1.29 is 4.52 Å². The maximum absolute atomic E-state index is 5.32. The van der Waals surface area contributed by atoms with Gasteiger partial charge in [0.15, 0.2) is 5.82 Å². The van der Waals surface area contributed by atoms with Crippen molar-refractivity contribution in [2.24, 2.45) is 5.73 Å². The zero-order chi connectivity index (χ0) is 8.97. The topological polar surface area (TPSA) is 64.9 Å². The first-order valence-electron chi connectivity index (χ1n) is 3.85. The van der Waals surface area contributed by atoms with Crippen molar-refractivity contribution in [2.75, 3.05) is 0 Å². The molecule has 1 rings (SSSR count). The molecule has 2 N–H and O–H groups in total. The first-order valence-corrected chi connectivity index (χ1v) is 4.90. The molecule has 0 radical (unpaired) electrons. The molecule has 0 unspecified atom stereocenters. The van der Waals surface area contributed by atoms with E-state index in [4.69, 9.17) is 10.3 Å². The molecule has 0 saturated heterocycles. The Morgan fingerprint density at radius 2 is 2.33 bits per heavy atom. The molecule has 0 spiro atoms. The summed E-state index contributed by atoms with van der Waals surface area (Å²) in [7, 11) is 0. The van der Waals surface area contributed by atoms with Gasteiger partial charge >= 0.3 is 0 Å². The van der Waals surface area contributed by atoms with Crippen LogP contribution < -0.4 is 5.73 Å². The van der Waals surface area contributed by atoms with E-state index < -0.39 is 0 Å². The summed E-state index contributed by atoms with van der Waals surface area (Å²) in [5.41, 5.74) is 5.32. The minimum absolute atomic E-state index is 0.319. The van der Waals surface area contributed by atoms with Crippen LogP contribution in [0.15, 0.2) is 4.52 Å². The van der Waals surface area contributed by atoms with E-state index in [1.54, 1.807) is 11.8 Å². The number of rotatable bonds is 4. The van der Waals surface area contributed by atoms with Gasteiger partial charge in [0, 0.05) is 0 Å². The van der Waals surface area contributed by atoms with Crippen LogP contribution >= 0.6 is 11.8 Å². The lowest BCUT2D eigenvalue weighted by molar-refractivity contribution is 0.376. The number of hydrogen-bond acceptors (Lipinski definition) is 5. The average molecular weight is 187 g/mol. The Bertz CT molecular complexity index is 236. The summed E-state index contributed by atoms with van der Waals surface area (Å²) in [6.45, 7) is 4.59. The maximum atomic E-state index is 5.32. The lowest BCUT2D eigenvalue weighted by Crippen LogP contribution is -1.96. The molecule has 0 amide bonds. The van der Waals surface area contributed by atoms with E-state index >= 15 is 0 Å². The Kier molecular flexibility index (Phi) is 3.55. The Morgan fingerprint density at radius 3 is 2.83 bits per heavy atom. The van der Waals surface area contributed by atoms with Crippen molar-refractivity contribution >= 4 is 11.8 Å². The van der Waals surface area contributed by atoms with Gasteiger partial charge in [-0.25, -0.2) is 0 Å². The van der Waals surface area contributed by atoms with Crippen LogP contribution in [0.3, 0.4) is 0 Å². The number of thioether (sulfide) groups is 1. The van der Waals surface area contributed by atoms with Crippen molar-refractivity contribution in [3.8, 4) is 0 Å². The van der Waals surface area contributed by atoms with E-state index in [1.165, 1.54) is 0 Å². The zero-order valence-electron chi connectivity index (χ0n) is 7.28. The van der Waals surface area contributed by atoms with Crippen LogP contribution in [0.4, 0.5) is 0 Å². The molecule has 1 aromatic heterocycles. The highest BCUT2D eigenvalue weighted by Gasteiger charge is 2.04. The SMILES string of the molecule is CC(C)SCc1noc(CN)n1. The summed E-state index contributed by atoms with van der Waals surface area (Å²) < 4.78 is 4.85. The molecule has 12 heavy (non-hydrogen) atoms. The fourth-order valence-electron chi connectivity index (χ4n) is 0.673. The molecule has 68 valence electrons. The third kappa shape index (κ3) is 2.83. The summed E-state index contributed by atoms with van der Waals surface area (Å²) >= 11 is 1.78. The highest BCUT2D eigenvalue weighted by molar-refractivity contribution is 7.99. The minimum Gasteiger partial charge on any atom is -0.338 e. The summed E-state index contributed by atoms with van der Waals surface area (Å²) in [4.78, 5) is 4.08. The second-order valence-corrected chi connectivity index (χ2v) is 4.23. The predicted molar refractivity (Wildman–Crippen MR) is 48.6 cm³/mol. The molecular formula is C7H13N3OS. The van der Waals surface area contributed by atoms with Crippen LogP contribution in [0.5, 0.6) is 0 Å². The lowest BCUT2D eigenvalue weighted by atomic mass is 10.6. The molecule has 0 aliphatic rings. The van der Waals surface area contributed by atoms with E-state index in [0.717, 1.165) is 11.6 Å². The quantitative estimate of drug-likeness (QED) is 0.766. The molecule has 0 atom stereocenters. The third-order valence-corrected chi connectivity index (χ3v) is 2.32. The third-order valence-electron chi connectivity index (χ3n) is 1.23. The van der Waals surface area contributed by atoms with Gasteiger partial charge in [-0.05, 0) is 5.25 Å². The summed E-state index contributed by atoms with van der Waals surface area (Å²) in [5, 5.41) is 4.36. The molecule has 0 aliphatic carbocycles. The molecule has 0 aliphatic heterocycles. The van der Waals surface area contributed by atoms with Gasteiger partial charge in [0.1, 0.15) is 0 Å². The summed E-state index contributed by atoms with van der Waals surface area (Å²) in [6.07, 6.45) is 0. The monoisotopic (exact) mass is 187 g/mol. The number of hydrogen-bond donors (Lipinski definition) is 1. The Morgan fingerprint density at radius 1 is 1.58 bits per heavy atom. The van der Waals surface area contributed by atoms with Crippen molar-refractivity contribution in [1.82, 2.24) is 10.1 Å². The van der Waals surface area contributed by atoms with Gasteiger partial charge in [-0.2, -0.15) is 16.7 Å². The van der Waals surface area contributed by atoms with Gasteiger partial charge in [0.25, 0.3) is 0 Å². The van der Waals surface area contributed by atoms with Crippen LogP contribution in [0.25, 0.3) is 0 Å². The summed E-state index contributed by atoms with van der Waals surface area (Å²) in [5.74, 6) is 2.03. The van der Waals surface area contributed by atoms with E-state index in [0.29, 0.717) is 17.7 Å². The normalized spacial score (nSPS) is 11.0. The maximum Gasteiger partial charge on any atom is 0.240 e. The molecule has 4 nitrogen and oxygen atoms in total. The number of nitrogens with two attached hydrogens (primary N) is 1. The van der Waals surface area contributed by atoms with Crippen molar-refractivity contribution in [3.63, 3.8) is 0 Å². The highest BCUT2D eigenvalue weighted by Crippen LogP contribution is 2.14. The van der Waals surface area contributed by atoms with Crippen molar-refractivity contribution in [2.45, 2.75) is 31.4 Å². The number of aromatic nitrogens is 2. The lowest BCUT2D eigenvalue weighted by Gasteiger charge is -1.98. The standard InChI is InChI=1S/C7H13N3OS/c1-5(2)12-4-6-9-7(3-8)11-10-6/h5H,3-4,8H2,1-2H3. The van der Waals surface area contributed by atoms with Crippen LogP contribution in [-0.4, -0.2) is 15.4 Å². The van der Waals surface area contributed by atoms with Crippen molar-refractivity contribution in [1.29, 1.82) is 0 Å². The smallest absolute Gasteiger partial charge is 0.240 e. The molecule has 0 fully saturated rings. The molecule has 5 heteroatoms. The second-order valence-electron chi connectivity index (χ2n) is 2.67. The Hall–Kier alpha value is -0.550. The summed E-state index contributed by atoms with van der Waals surface area (Å²) in [6, 6.07) is 0. The molecule has 0 aromatic carbocycles. The van der Waals surface area contributed by atoms with E-state index in [1.807, 2.05) is 0 Å². The van der Waals surface area contributed by atoms with Crippen molar-refractivity contribution in [3.05, 3.63) is 11.7 Å². The number of nitrogens with zero attached hydrogens (tertiary/aromatic N) is 2. The van der Waals surface area contributed by atoms with Gasteiger partial charge in [-0.3, -0.25) is 0 Å². The van der Waals surface area contributed by atoms with Crippen LogP contribution in [-0.2, 0) is 12.3 Å². The van der Waals surface area contributed by atoms with Crippen LogP contribution in [0, 0.1) is 0 Å². The Balaban J connectivity index is 2.41. The zero-order valence-corrected chi connectivity index (χ0v) is 8.10. The van der Waals surface area contributed by atoms with E-state index in [-0.39, 0.29) is 0 Å². The first kappa shape index (κ1) is 9.54. The Labute approximate surface area is 75.9 Å². The molecule has 0 saturated carbocycles. The fraction of sp³-hybridized carbons (Fsp3) is 0.714. The van der Waals surface area contributed by atoms with Gasteiger partial charge in [-0.15, -0.1) is 0 Å². The van der Waals surface area contributed by atoms with E-state index in [2.05, 4.69) is 24.0 Å².